The summed E-state index contributed by atoms with van der Waals surface area (Å²) in [4.78, 5) is 13.5. The van der Waals surface area contributed by atoms with Crippen LogP contribution in [0.5, 0.6) is 5.75 Å². The fraction of sp³-hybridized carbons (Fsp3) is 0.0625. The van der Waals surface area contributed by atoms with Gasteiger partial charge >= 0.3 is 0 Å². The number of amides is 1. The summed E-state index contributed by atoms with van der Waals surface area (Å²) in [5.41, 5.74) is 1.97. The molecule has 0 spiro atoms. The lowest BCUT2D eigenvalue weighted by molar-refractivity contribution is -0.118. The number of carbonyl (C=O) groups excluding carboxylic acids is 1. The van der Waals surface area contributed by atoms with Crippen LogP contribution in [-0.2, 0) is 4.79 Å². The zero-order valence-corrected chi connectivity index (χ0v) is 10.6. The third-order valence-electron chi connectivity index (χ3n) is 3.40. The Kier molecular flexibility index (Phi) is 2.79. The standard InChI is InChI=1S/C16H12FNO2/c1-10-15(11-2-8-14(19)9-3-11)18(16(10)20)13-6-4-12(17)5-7-13/h2-9,15,19H,1H2/t15-/m0/s1. The average molecular weight is 269 g/mol. The lowest BCUT2D eigenvalue weighted by atomic mass is 9.88. The molecular weight excluding hydrogens is 257 g/mol. The molecule has 0 radical (unpaired) electrons. The summed E-state index contributed by atoms with van der Waals surface area (Å²) in [5.74, 6) is -0.352. The molecule has 0 aliphatic carbocycles. The zero-order chi connectivity index (χ0) is 14.3. The molecule has 1 heterocycles. The van der Waals surface area contributed by atoms with Crippen LogP contribution in [0.15, 0.2) is 60.7 Å². The molecule has 1 aliphatic heterocycles. The fourth-order valence-corrected chi connectivity index (χ4v) is 2.35. The van der Waals surface area contributed by atoms with Crippen molar-refractivity contribution in [1.29, 1.82) is 0 Å². The van der Waals surface area contributed by atoms with Gasteiger partial charge < -0.3 is 5.11 Å². The summed E-state index contributed by atoms with van der Waals surface area (Å²) in [6, 6.07) is 12.1. The quantitative estimate of drug-likeness (QED) is 0.672. The smallest absolute Gasteiger partial charge is 0.256 e. The molecule has 3 nitrogen and oxygen atoms in total. The number of β-lactam (4-membered cyclic amide) rings is 1. The molecule has 1 aliphatic rings. The topological polar surface area (TPSA) is 40.5 Å². The summed E-state index contributed by atoms with van der Waals surface area (Å²) >= 11 is 0. The van der Waals surface area contributed by atoms with Gasteiger partial charge in [-0.2, -0.15) is 0 Å². The highest BCUT2D eigenvalue weighted by atomic mass is 19.1. The second-order valence-corrected chi connectivity index (χ2v) is 4.67. The molecular formula is C16H12FNO2. The number of carbonyl (C=O) groups is 1. The van der Waals surface area contributed by atoms with Crippen molar-refractivity contribution in [2.75, 3.05) is 4.90 Å². The third-order valence-corrected chi connectivity index (χ3v) is 3.40. The molecule has 1 saturated heterocycles. The Balaban J connectivity index is 1.97. The lowest BCUT2D eigenvalue weighted by Crippen LogP contribution is -2.48. The van der Waals surface area contributed by atoms with Gasteiger partial charge in [-0.15, -0.1) is 0 Å². The number of phenols is 1. The molecule has 1 amide bonds. The summed E-state index contributed by atoms with van der Waals surface area (Å²) in [7, 11) is 0. The molecule has 0 bridgehead atoms. The van der Waals surface area contributed by atoms with Gasteiger partial charge in [0.05, 0.1) is 6.04 Å². The SMILES string of the molecule is C=C1C(=O)N(c2ccc(F)cc2)[C@@H]1c1ccc(O)cc1. The highest BCUT2D eigenvalue weighted by Crippen LogP contribution is 2.42. The maximum Gasteiger partial charge on any atom is 0.256 e. The first-order valence-corrected chi connectivity index (χ1v) is 6.15. The summed E-state index contributed by atoms with van der Waals surface area (Å²) in [5, 5.41) is 9.32. The van der Waals surface area contributed by atoms with Crippen LogP contribution in [0.4, 0.5) is 10.1 Å². The fourth-order valence-electron chi connectivity index (χ4n) is 2.35. The van der Waals surface area contributed by atoms with Crippen molar-refractivity contribution in [3.8, 4) is 5.75 Å². The van der Waals surface area contributed by atoms with E-state index in [2.05, 4.69) is 6.58 Å². The van der Waals surface area contributed by atoms with Crippen LogP contribution in [0, 0.1) is 5.82 Å². The van der Waals surface area contributed by atoms with E-state index in [0.717, 1.165) is 5.56 Å². The Bertz CT molecular complexity index is 615. The number of phenolic OH excluding ortho intramolecular Hbond substituents is 1. The molecule has 4 heteroatoms. The Morgan fingerprint density at radius 2 is 1.65 bits per heavy atom. The van der Waals surface area contributed by atoms with Gasteiger partial charge in [0.15, 0.2) is 0 Å². The predicted molar refractivity (Wildman–Crippen MR) is 73.9 cm³/mol. The number of halogens is 1. The molecule has 0 saturated carbocycles. The molecule has 1 N–H and O–H groups in total. The average Bonchev–Trinajstić information content (AvgIpc) is 2.46. The van der Waals surface area contributed by atoms with E-state index in [4.69, 9.17) is 0 Å². The Morgan fingerprint density at radius 3 is 2.25 bits per heavy atom. The van der Waals surface area contributed by atoms with Crippen LogP contribution in [0.2, 0.25) is 0 Å². The minimum Gasteiger partial charge on any atom is -0.508 e. The van der Waals surface area contributed by atoms with Gasteiger partial charge in [-0.3, -0.25) is 9.69 Å². The van der Waals surface area contributed by atoms with Crippen molar-refractivity contribution in [2.24, 2.45) is 0 Å². The number of hydrogen-bond acceptors (Lipinski definition) is 2. The molecule has 3 rings (SSSR count). The highest BCUT2D eigenvalue weighted by Gasteiger charge is 2.42. The Hall–Kier alpha value is -2.62. The van der Waals surface area contributed by atoms with E-state index in [-0.39, 0.29) is 23.5 Å². The Morgan fingerprint density at radius 1 is 1.05 bits per heavy atom. The first-order valence-electron chi connectivity index (χ1n) is 6.15. The molecule has 2 aromatic rings. The van der Waals surface area contributed by atoms with E-state index in [1.807, 2.05) is 0 Å². The normalized spacial score (nSPS) is 18.1. The van der Waals surface area contributed by atoms with E-state index < -0.39 is 0 Å². The largest absolute Gasteiger partial charge is 0.508 e. The molecule has 1 atom stereocenters. The van der Waals surface area contributed by atoms with Crippen LogP contribution in [0.1, 0.15) is 11.6 Å². The van der Waals surface area contributed by atoms with Crippen LogP contribution in [0.25, 0.3) is 0 Å². The molecule has 2 aromatic carbocycles. The van der Waals surface area contributed by atoms with Gasteiger partial charge in [-0.25, -0.2) is 4.39 Å². The van der Waals surface area contributed by atoms with Gasteiger partial charge in [0.25, 0.3) is 5.91 Å². The number of anilines is 1. The molecule has 20 heavy (non-hydrogen) atoms. The minimum atomic E-state index is -0.346. The van der Waals surface area contributed by atoms with Gasteiger partial charge in [-0.1, -0.05) is 18.7 Å². The molecule has 0 unspecified atom stereocenters. The van der Waals surface area contributed by atoms with Crippen molar-refractivity contribution in [3.05, 3.63) is 72.1 Å². The first-order chi connectivity index (χ1) is 9.58. The molecule has 100 valence electrons. The lowest BCUT2D eigenvalue weighted by Gasteiger charge is -2.42. The van der Waals surface area contributed by atoms with Crippen LogP contribution >= 0.6 is 0 Å². The van der Waals surface area contributed by atoms with Crippen molar-refractivity contribution in [3.63, 3.8) is 0 Å². The highest BCUT2D eigenvalue weighted by molar-refractivity contribution is 6.14. The second kappa shape index (κ2) is 4.49. The zero-order valence-electron chi connectivity index (χ0n) is 10.6. The number of rotatable bonds is 2. The van der Waals surface area contributed by atoms with Gasteiger partial charge in [-0.05, 0) is 42.0 Å². The van der Waals surface area contributed by atoms with Crippen LogP contribution < -0.4 is 4.90 Å². The Labute approximate surface area is 115 Å². The van der Waals surface area contributed by atoms with Gasteiger partial charge in [0.1, 0.15) is 11.6 Å². The first kappa shape index (κ1) is 12.4. The van der Waals surface area contributed by atoms with Gasteiger partial charge in [0, 0.05) is 11.3 Å². The van der Waals surface area contributed by atoms with Crippen molar-refractivity contribution in [2.45, 2.75) is 6.04 Å². The maximum atomic E-state index is 13.0. The molecule has 1 fully saturated rings. The number of hydrogen-bond donors (Lipinski definition) is 1. The number of aromatic hydroxyl groups is 1. The van der Waals surface area contributed by atoms with E-state index >= 15 is 0 Å². The summed E-state index contributed by atoms with van der Waals surface area (Å²) < 4.78 is 13.0. The second-order valence-electron chi connectivity index (χ2n) is 4.67. The van der Waals surface area contributed by atoms with E-state index in [9.17, 15) is 14.3 Å². The van der Waals surface area contributed by atoms with E-state index in [0.29, 0.717) is 11.3 Å². The van der Waals surface area contributed by atoms with Crippen LogP contribution in [-0.4, -0.2) is 11.0 Å². The van der Waals surface area contributed by atoms with Crippen molar-refractivity contribution < 1.29 is 14.3 Å². The third kappa shape index (κ3) is 1.86. The van der Waals surface area contributed by atoms with E-state index in [1.165, 1.54) is 12.1 Å². The van der Waals surface area contributed by atoms with Crippen LogP contribution in [0.3, 0.4) is 0 Å². The minimum absolute atomic E-state index is 0.165. The summed E-state index contributed by atoms with van der Waals surface area (Å²) in [6.07, 6.45) is 0. The number of benzene rings is 2. The van der Waals surface area contributed by atoms with E-state index in [1.54, 1.807) is 41.3 Å². The van der Waals surface area contributed by atoms with Crippen molar-refractivity contribution >= 4 is 11.6 Å². The monoisotopic (exact) mass is 269 g/mol. The maximum absolute atomic E-state index is 13.0. The summed E-state index contributed by atoms with van der Waals surface area (Å²) in [6.45, 7) is 3.79. The number of nitrogens with zero attached hydrogens (tertiary/aromatic N) is 1. The molecule has 0 aromatic heterocycles. The predicted octanol–water partition coefficient (Wildman–Crippen LogP) is 3.18. The van der Waals surface area contributed by atoms with Gasteiger partial charge in [0.2, 0.25) is 0 Å². The van der Waals surface area contributed by atoms with Crippen molar-refractivity contribution in [1.82, 2.24) is 0 Å².